The number of hydrogen-bond acceptors (Lipinski definition) is 4. The maximum atomic E-state index is 11.3. The van der Waals surface area contributed by atoms with Crippen molar-refractivity contribution in [1.29, 1.82) is 0 Å². The molecular weight excluding hydrogens is 248 g/mol. The molecule has 100 valence electrons. The van der Waals surface area contributed by atoms with Gasteiger partial charge >= 0.3 is 5.97 Å². The molecule has 0 radical (unpaired) electrons. The summed E-state index contributed by atoms with van der Waals surface area (Å²) in [5.41, 5.74) is 0. The van der Waals surface area contributed by atoms with Crippen molar-refractivity contribution in [3.63, 3.8) is 0 Å². The molecular formula is C9H18N2O5S. The van der Waals surface area contributed by atoms with E-state index in [1.54, 1.807) is 6.92 Å². The van der Waals surface area contributed by atoms with Crippen molar-refractivity contribution in [2.75, 3.05) is 18.8 Å². The SMILES string of the molecule is CCNC(=O)CCNS(=O)(=O)CCCC(=O)O. The van der Waals surface area contributed by atoms with E-state index in [0.717, 1.165) is 0 Å². The van der Waals surface area contributed by atoms with Crippen LogP contribution in [0.2, 0.25) is 0 Å². The van der Waals surface area contributed by atoms with Gasteiger partial charge in [0.1, 0.15) is 0 Å². The highest BCUT2D eigenvalue weighted by Crippen LogP contribution is 1.94. The van der Waals surface area contributed by atoms with Crippen LogP contribution in [0.4, 0.5) is 0 Å². The van der Waals surface area contributed by atoms with Crippen LogP contribution in [0, 0.1) is 0 Å². The molecule has 1 amide bonds. The molecule has 0 saturated heterocycles. The molecule has 0 aromatic carbocycles. The minimum Gasteiger partial charge on any atom is -0.481 e. The summed E-state index contributed by atoms with van der Waals surface area (Å²) in [5.74, 6) is -1.49. The Morgan fingerprint density at radius 1 is 1.24 bits per heavy atom. The summed E-state index contributed by atoms with van der Waals surface area (Å²) < 4.78 is 24.9. The predicted molar refractivity (Wildman–Crippen MR) is 62.0 cm³/mol. The van der Waals surface area contributed by atoms with Gasteiger partial charge in [-0.25, -0.2) is 13.1 Å². The van der Waals surface area contributed by atoms with Gasteiger partial charge in [-0.2, -0.15) is 0 Å². The van der Waals surface area contributed by atoms with Crippen LogP contribution in [0.1, 0.15) is 26.2 Å². The number of nitrogens with one attached hydrogen (secondary N) is 2. The van der Waals surface area contributed by atoms with E-state index in [1.165, 1.54) is 0 Å². The van der Waals surface area contributed by atoms with Crippen LogP contribution >= 0.6 is 0 Å². The lowest BCUT2D eigenvalue weighted by atomic mass is 10.3. The smallest absolute Gasteiger partial charge is 0.303 e. The summed E-state index contributed by atoms with van der Waals surface area (Å²) in [4.78, 5) is 21.2. The second-order valence-electron chi connectivity index (χ2n) is 3.41. The Bertz CT molecular complexity index is 352. The van der Waals surface area contributed by atoms with Crippen molar-refractivity contribution < 1.29 is 23.1 Å². The second kappa shape index (κ2) is 8.02. The van der Waals surface area contributed by atoms with Gasteiger partial charge in [-0.3, -0.25) is 9.59 Å². The first-order chi connectivity index (χ1) is 7.87. The zero-order valence-corrected chi connectivity index (χ0v) is 10.5. The molecule has 0 spiro atoms. The van der Waals surface area contributed by atoms with Crippen molar-refractivity contribution >= 4 is 21.9 Å². The normalized spacial score (nSPS) is 11.1. The summed E-state index contributed by atoms with van der Waals surface area (Å²) in [7, 11) is -3.48. The van der Waals surface area contributed by atoms with Crippen LogP contribution < -0.4 is 10.0 Å². The van der Waals surface area contributed by atoms with Crippen LogP contribution in [0.25, 0.3) is 0 Å². The molecule has 0 rings (SSSR count). The number of hydrogen-bond donors (Lipinski definition) is 3. The largest absolute Gasteiger partial charge is 0.481 e. The first-order valence-electron chi connectivity index (χ1n) is 5.33. The first kappa shape index (κ1) is 15.9. The number of aliphatic carboxylic acids is 1. The lowest BCUT2D eigenvalue weighted by molar-refractivity contribution is -0.137. The van der Waals surface area contributed by atoms with E-state index in [4.69, 9.17) is 5.11 Å². The highest BCUT2D eigenvalue weighted by atomic mass is 32.2. The van der Waals surface area contributed by atoms with Crippen molar-refractivity contribution in [3.8, 4) is 0 Å². The Hall–Kier alpha value is -1.15. The van der Waals surface area contributed by atoms with Gasteiger partial charge in [-0.15, -0.1) is 0 Å². The average Bonchev–Trinajstić information content (AvgIpc) is 2.16. The number of carboxylic acid groups (broad SMARTS) is 1. The van der Waals surface area contributed by atoms with Crippen LogP contribution in [-0.2, 0) is 19.6 Å². The van der Waals surface area contributed by atoms with Gasteiger partial charge in [0.25, 0.3) is 0 Å². The van der Waals surface area contributed by atoms with Crippen molar-refractivity contribution in [1.82, 2.24) is 10.0 Å². The zero-order chi connectivity index (χ0) is 13.3. The van der Waals surface area contributed by atoms with E-state index in [-0.39, 0.29) is 37.5 Å². The Morgan fingerprint density at radius 2 is 1.88 bits per heavy atom. The minimum absolute atomic E-state index is 0.0290. The molecule has 17 heavy (non-hydrogen) atoms. The monoisotopic (exact) mass is 266 g/mol. The van der Waals surface area contributed by atoms with Gasteiger partial charge in [-0.05, 0) is 13.3 Å². The second-order valence-corrected chi connectivity index (χ2v) is 5.34. The summed E-state index contributed by atoms with van der Waals surface area (Å²) in [6.07, 6.45) is -0.0466. The lowest BCUT2D eigenvalue weighted by Gasteiger charge is -2.05. The molecule has 3 N–H and O–H groups in total. The fourth-order valence-electron chi connectivity index (χ4n) is 1.09. The fourth-order valence-corrected chi connectivity index (χ4v) is 2.17. The van der Waals surface area contributed by atoms with E-state index in [9.17, 15) is 18.0 Å². The van der Waals surface area contributed by atoms with E-state index >= 15 is 0 Å². The van der Waals surface area contributed by atoms with Gasteiger partial charge in [0.15, 0.2) is 0 Å². The molecule has 0 aliphatic heterocycles. The standard InChI is InChI=1S/C9H18N2O5S/c1-2-10-8(12)5-6-11-17(15,16)7-3-4-9(13)14/h11H,2-7H2,1H3,(H,10,12)(H,13,14). The van der Waals surface area contributed by atoms with Crippen molar-refractivity contribution in [2.24, 2.45) is 0 Å². The van der Waals surface area contributed by atoms with Gasteiger partial charge in [0.05, 0.1) is 5.75 Å². The topological polar surface area (TPSA) is 113 Å². The maximum Gasteiger partial charge on any atom is 0.303 e. The quantitative estimate of drug-likeness (QED) is 0.510. The molecule has 7 nitrogen and oxygen atoms in total. The lowest BCUT2D eigenvalue weighted by Crippen LogP contribution is -2.32. The molecule has 0 aromatic heterocycles. The summed E-state index contributed by atoms with van der Waals surface area (Å²) >= 11 is 0. The molecule has 0 aliphatic rings. The van der Waals surface area contributed by atoms with Gasteiger partial charge < -0.3 is 10.4 Å². The summed E-state index contributed by atoms with van der Waals surface area (Å²) in [5, 5.41) is 10.9. The van der Waals surface area contributed by atoms with Crippen LogP contribution in [0.5, 0.6) is 0 Å². The third-order valence-electron chi connectivity index (χ3n) is 1.85. The number of carbonyl (C=O) groups is 2. The molecule has 0 atom stereocenters. The van der Waals surface area contributed by atoms with Crippen LogP contribution in [0.15, 0.2) is 0 Å². The molecule has 0 saturated carbocycles. The van der Waals surface area contributed by atoms with E-state index in [2.05, 4.69) is 10.0 Å². The Labute approximate surface area is 101 Å². The summed E-state index contributed by atoms with van der Waals surface area (Å²) in [6.45, 7) is 2.30. The third kappa shape index (κ3) is 9.76. The zero-order valence-electron chi connectivity index (χ0n) is 9.73. The van der Waals surface area contributed by atoms with E-state index < -0.39 is 16.0 Å². The van der Waals surface area contributed by atoms with E-state index in [1.807, 2.05) is 0 Å². The average molecular weight is 266 g/mol. The van der Waals surface area contributed by atoms with Gasteiger partial charge in [0, 0.05) is 25.9 Å². The van der Waals surface area contributed by atoms with Crippen LogP contribution in [0.3, 0.4) is 0 Å². The Morgan fingerprint density at radius 3 is 2.41 bits per heavy atom. The third-order valence-corrected chi connectivity index (χ3v) is 3.32. The molecule has 0 fully saturated rings. The number of sulfonamides is 1. The van der Waals surface area contributed by atoms with E-state index in [0.29, 0.717) is 6.54 Å². The van der Waals surface area contributed by atoms with Crippen molar-refractivity contribution in [2.45, 2.75) is 26.2 Å². The molecule has 0 unspecified atom stereocenters. The van der Waals surface area contributed by atoms with Crippen LogP contribution in [-0.4, -0.2) is 44.2 Å². The fraction of sp³-hybridized carbons (Fsp3) is 0.778. The minimum atomic E-state index is -3.48. The molecule has 0 bridgehead atoms. The molecule has 8 heteroatoms. The first-order valence-corrected chi connectivity index (χ1v) is 6.98. The predicted octanol–water partition coefficient (Wildman–Crippen LogP) is -0.703. The summed E-state index contributed by atoms with van der Waals surface area (Å²) in [6, 6.07) is 0. The van der Waals surface area contributed by atoms with Crippen molar-refractivity contribution in [3.05, 3.63) is 0 Å². The van der Waals surface area contributed by atoms with Gasteiger partial charge in [0.2, 0.25) is 15.9 Å². The Balaban J connectivity index is 3.78. The molecule has 0 heterocycles. The maximum absolute atomic E-state index is 11.3. The number of carbonyl (C=O) groups excluding carboxylic acids is 1. The number of amides is 1. The highest BCUT2D eigenvalue weighted by Gasteiger charge is 2.11. The molecule has 0 aliphatic carbocycles. The van der Waals surface area contributed by atoms with Gasteiger partial charge in [-0.1, -0.05) is 0 Å². The number of carboxylic acids is 1. The number of rotatable bonds is 9. The molecule has 0 aromatic rings. The highest BCUT2D eigenvalue weighted by molar-refractivity contribution is 7.89. The Kier molecular flexibility index (Phi) is 7.47.